The van der Waals surface area contributed by atoms with E-state index in [4.69, 9.17) is 9.84 Å². The first-order chi connectivity index (χ1) is 7.16. The van der Waals surface area contributed by atoms with Crippen molar-refractivity contribution in [1.29, 1.82) is 0 Å². The molecule has 0 bridgehead atoms. The number of alkyl halides is 1. The zero-order valence-electron chi connectivity index (χ0n) is 8.36. The summed E-state index contributed by atoms with van der Waals surface area (Å²) < 4.78 is 19.0. The smallest absolute Gasteiger partial charge is 0.407 e. The Morgan fingerprint density at radius 1 is 1.53 bits per heavy atom. The van der Waals surface area contributed by atoms with Crippen LogP contribution in [0.4, 0.5) is 9.18 Å². The molecule has 0 aromatic heterocycles. The van der Waals surface area contributed by atoms with Gasteiger partial charge in [-0.3, -0.25) is 0 Å². The number of nitrogens with one attached hydrogen (secondary N) is 1. The van der Waals surface area contributed by atoms with Crippen molar-refractivity contribution in [3.63, 3.8) is 0 Å². The zero-order valence-corrected chi connectivity index (χ0v) is 8.36. The Hall–Kier alpha value is -0.880. The van der Waals surface area contributed by atoms with E-state index in [1.165, 1.54) is 0 Å². The molecule has 2 heterocycles. The maximum atomic E-state index is 13.5. The van der Waals surface area contributed by atoms with Crippen LogP contribution in [0.15, 0.2) is 0 Å². The topological polar surface area (TPSA) is 61.8 Å². The first-order valence-corrected chi connectivity index (χ1v) is 5.15. The van der Waals surface area contributed by atoms with Crippen LogP contribution in [-0.2, 0) is 4.74 Å². The number of rotatable bonds is 2. The van der Waals surface area contributed by atoms with Crippen LogP contribution in [0.3, 0.4) is 0 Å². The quantitative estimate of drug-likeness (QED) is 0.688. The van der Waals surface area contributed by atoms with Gasteiger partial charge in [0, 0.05) is 19.6 Å². The minimum absolute atomic E-state index is 0.0693. The highest BCUT2D eigenvalue weighted by atomic mass is 19.1. The van der Waals surface area contributed by atoms with Crippen molar-refractivity contribution in [3.8, 4) is 0 Å². The Labute approximate surface area is 87.2 Å². The zero-order chi connectivity index (χ0) is 10.8. The second-order valence-electron chi connectivity index (χ2n) is 3.99. The van der Waals surface area contributed by atoms with Crippen LogP contribution in [0.25, 0.3) is 0 Å². The highest BCUT2D eigenvalue weighted by molar-refractivity contribution is 5.65. The van der Waals surface area contributed by atoms with Crippen LogP contribution in [-0.4, -0.2) is 60.7 Å². The van der Waals surface area contributed by atoms with E-state index in [1.54, 1.807) is 0 Å². The summed E-state index contributed by atoms with van der Waals surface area (Å²) in [7, 11) is 0. The number of piperidine rings is 1. The van der Waals surface area contributed by atoms with Crippen molar-refractivity contribution in [2.24, 2.45) is 0 Å². The molecule has 0 aliphatic carbocycles. The number of ether oxygens (including phenoxy) is 1. The van der Waals surface area contributed by atoms with Crippen LogP contribution < -0.4 is 5.32 Å². The summed E-state index contributed by atoms with van der Waals surface area (Å²) in [5.74, 6) is 0. The Morgan fingerprint density at radius 3 is 2.73 bits per heavy atom. The first-order valence-electron chi connectivity index (χ1n) is 5.15. The highest BCUT2D eigenvalue weighted by Crippen LogP contribution is 2.19. The number of hydrogen-bond donors (Lipinski definition) is 2. The van der Waals surface area contributed by atoms with Gasteiger partial charge in [-0.1, -0.05) is 0 Å². The normalized spacial score (nSPS) is 32.5. The van der Waals surface area contributed by atoms with Crippen molar-refractivity contribution in [1.82, 2.24) is 10.2 Å². The number of halogens is 1. The molecule has 2 rings (SSSR count). The molecule has 86 valence electrons. The van der Waals surface area contributed by atoms with Crippen molar-refractivity contribution in [2.45, 2.75) is 24.8 Å². The van der Waals surface area contributed by atoms with E-state index in [-0.39, 0.29) is 12.6 Å². The number of nitrogens with zero attached hydrogens (tertiary/aromatic N) is 1. The summed E-state index contributed by atoms with van der Waals surface area (Å²) in [5.41, 5.74) is 0. The van der Waals surface area contributed by atoms with Crippen LogP contribution in [0, 0.1) is 0 Å². The number of carbonyl (C=O) groups is 1. The first kappa shape index (κ1) is 10.6. The molecule has 2 saturated heterocycles. The largest absolute Gasteiger partial charge is 0.465 e. The second-order valence-corrected chi connectivity index (χ2v) is 3.99. The van der Waals surface area contributed by atoms with E-state index in [0.717, 1.165) is 18.0 Å². The fraction of sp³-hybridized carbons (Fsp3) is 0.889. The molecule has 0 radical (unpaired) electrons. The van der Waals surface area contributed by atoms with Crippen molar-refractivity contribution in [3.05, 3.63) is 0 Å². The van der Waals surface area contributed by atoms with Gasteiger partial charge in [0.05, 0.1) is 18.8 Å². The van der Waals surface area contributed by atoms with Crippen LogP contribution in [0.1, 0.15) is 6.42 Å². The summed E-state index contributed by atoms with van der Waals surface area (Å²) in [6.45, 7) is 1.83. The Kier molecular flexibility index (Phi) is 3.06. The van der Waals surface area contributed by atoms with Crippen LogP contribution in [0.2, 0.25) is 0 Å². The van der Waals surface area contributed by atoms with Gasteiger partial charge in [0.2, 0.25) is 0 Å². The lowest BCUT2D eigenvalue weighted by Crippen LogP contribution is -2.54. The van der Waals surface area contributed by atoms with E-state index in [1.807, 2.05) is 0 Å². The number of likely N-dealkylation sites (tertiary alicyclic amines) is 1. The van der Waals surface area contributed by atoms with E-state index in [9.17, 15) is 9.18 Å². The molecule has 2 fully saturated rings. The van der Waals surface area contributed by atoms with E-state index >= 15 is 0 Å². The number of carboxylic acid groups (broad SMARTS) is 1. The van der Waals surface area contributed by atoms with Gasteiger partial charge in [-0.15, -0.1) is 0 Å². The fourth-order valence-corrected chi connectivity index (χ4v) is 1.82. The molecule has 2 aliphatic heterocycles. The Balaban J connectivity index is 1.80. The predicted octanol–water partition coefficient (Wildman–Crippen LogP) is 0.0652. The van der Waals surface area contributed by atoms with E-state index in [0.29, 0.717) is 13.0 Å². The lowest BCUT2D eigenvalue weighted by Gasteiger charge is -2.37. The molecule has 0 saturated carbocycles. The third kappa shape index (κ3) is 2.38. The van der Waals surface area contributed by atoms with Gasteiger partial charge in [-0.25, -0.2) is 9.18 Å². The van der Waals surface area contributed by atoms with Gasteiger partial charge in [-0.2, -0.15) is 0 Å². The van der Waals surface area contributed by atoms with Gasteiger partial charge >= 0.3 is 6.09 Å². The molecule has 5 nitrogen and oxygen atoms in total. The van der Waals surface area contributed by atoms with Gasteiger partial charge in [-0.05, 0) is 6.42 Å². The van der Waals surface area contributed by atoms with E-state index in [2.05, 4.69) is 5.32 Å². The second kappa shape index (κ2) is 4.32. The molecule has 2 aliphatic rings. The fourth-order valence-electron chi connectivity index (χ4n) is 1.82. The maximum Gasteiger partial charge on any atom is 0.407 e. The number of amides is 1. The average Bonchev–Trinajstić information content (AvgIpc) is 2.12. The molecular weight excluding hydrogens is 203 g/mol. The lowest BCUT2D eigenvalue weighted by molar-refractivity contribution is -0.0939. The predicted molar refractivity (Wildman–Crippen MR) is 50.6 cm³/mol. The highest BCUT2D eigenvalue weighted by Gasteiger charge is 2.34. The molecule has 0 unspecified atom stereocenters. The maximum absolute atomic E-state index is 13.5. The van der Waals surface area contributed by atoms with Gasteiger partial charge in [0.25, 0.3) is 0 Å². The minimum atomic E-state index is -1.20. The molecule has 2 N–H and O–H groups in total. The molecule has 0 aromatic rings. The molecule has 15 heavy (non-hydrogen) atoms. The molecule has 1 amide bonds. The number of hydrogen-bond acceptors (Lipinski definition) is 3. The third-order valence-corrected chi connectivity index (χ3v) is 2.86. The van der Waals surface area contributed by atoms with Crippen LogP contribution >= 0.6 is 0 Å². The summed E-state index contributed by atoms with van der Waals surface area (Å²) in [4.78, 5) is 11.7. The minimum Gasteiger partial charge on any atom is -0.465 e. The summed E-state index contributed by atoms with van der Waals surface area (Å²) >= 11 is 0. The monoisotopic (exact) mass is 218 g/mol. The molecule has 6 heteroatoms. The van der Waals surface area contributed by atoms with Crippen molar-refractivity contribution < 1.29 is 19.0 Å². The summed E-state index contributed by atoms with van der Waals surface area (Å²) in [6.07, 6.45) is -2.14. The van der Waals surface area contributed by atoms with Gasteiger partial charge in [0.15, 0.2) is 0 Å². The summed E-state index contributed by atoms with van der Waals surface area (Å²) in [6, 6.07) is 0. The van der Waals surface area contributed by atoms with Crippen molar-refractivity contribution in [2.75, 3.05) is 26.2 Å². The lowest BCUT2D eigenvalue weighted by atomic mass is 10.1. The Morgan fingerprint density at radius 2 is 2.27 bits per heavy atom. The molecular formula is C9H15FN2O3. The molecule has 0 spiro atoms. The van der Waals surface area contributed by atoms with Crippen LogP contribution in [0.5, 0.6) is 0 Å². The van der Waals surface area contributed by atoms with Gasteiger partial charge < -0.3 is 20.1 Å². The van der Waals surface area contributed by atoms with Gasteiger partial charge in [0.1, 0.15) is 6.17 Å². The summed E-state index contributed by atoms with van der Waals surface area (Å²) in [5, 5.41) is 11.7. The molecule has 0 aromatic carbocycles. The SMILES string of the molecule is O=C(O)N1CC[C@H](OC2CNC2)[C@@H](F)C1. The average molecular weight is 218 g/mol. The molecule has 2 atom stereocenters. The Bertz CT molecular complexity index is 248. The van der Waals surface area contributed by atoms with Crippen molar-refractivity contribution >= 4 is 6.09 Å². The third-order valence-electron chi connectivity index (χ3n) is 2.86. The standard InChI is InChI=1S/C9H15FN2O3/c10-7-5-12(9(13)14)2-1-8(7)15-6-3-11-4-6/h6-8,11H,1-5H2,(H,13,14)/t7-,8-/m0/s1. The van der Waals surface area contributed by atoms with E-state index < -0.39 is 18.4 Å².